The highest BCUT2D eigenvalue weighted by Crippen LogP contribution is 2.19. The molecule has 6 nitrogen and oxygen atoms in total. The fourth-order valence-corrected chi connectivity index (χ4v) is 2.06. The van der Waals surface area contributed by atoms with Crippen molar-refractivity contribution in [3.63, 3.8) is 0 Å². The van der Waals surface area contributed by atoms with Crippen molar-refractivity contribution >= 4 is 17.4 Å². The number of hydrogen-bond donors (Lipinski definition) is 0. The van der Waals surface area contributed by atoms with E-state index < -0.39 is 29.1 Å². The number of ketones is 1. The second-order valence-corrected chi connectivity index (χ2v) is 5.11. The van der Waals surface area contributed by atoms with Crippen LogP contribution >= 0.6 is 0 Å². The number of nitrogens with zero attached hydrogens (tertiary/aromatic N) is 1. The normalized spacial score (nSPS) is 10.2. The van der Waals surface area contributed by atoms with Crippen molar-refractivity contribution in [3.05, 3.63) is 75.1 Å². The molecule has 0 fully saturated rings. The summed E-state index contributed by atoms with van der Waals surface area (Å²) < 4.78 is 18.3. The first kappa shape index (κ1) is 17.3. The fourth-order valence-electron chi connectivity index (χ4n) is 2.06. The Kier molecular flexibility index (Phi) is 5.36. The molecule has 0 saturated carbocycles. The number of Topliss-reactive ketones (excluding diaryl/α,β-unsaturated/α-hetero) is 1. The first-order chi connectivity index (χ1) is 11.4. The Morgan fingerprint density at radius 3 is 2.58 bits per heavy atom. The van der Waals surface area contributed by atoms with Gasteiger partial charge < -0.3 is 4.74 Å². The van der Waals surface area contributed by atoms with Crippen LogP contribution in [0.4, 0.5) is 10.1 Å². The number of nitro groups is 1. The topological polar surface area (TPSA) is 86.5 Å². The number of halogens is 1. The van der Waals surface area contributed by atoms with Crippen molar-refractivity contribution in [2.45, 2.75) is 13.3 Å². The molecule has 0 aromatic heterocycles. The molecule has 124 valence electrons. The summed E-state index contributed by atoms with van der Waals surface area (Å²) in [7, 11) is 0. The van der Waals surface area contributed by atoms with E-state index in [1.165, 1.54) is 30.3 Å². The Morgan fingerprint density at radius 1 is 1.21 bits per heavy atom. The number of benzene rings is 2. The molecule has 2 aromatic carbocycles. The fraction of sp³-hybridized carbons (Fsp3) is 0.176. The Hall–Kier alpha value is -3.09. The zero-order valence-corrected chi connectivity index (χ0v) is 12.8. The summed E-state index contributed by atoms with van der Waals surface area (Å²) in [5.41, 5.74) is 0.485. The lowest BCUT2D eigenvalue weighted by Crippen LogP contribution is -2.16. The summed E-state index contributed by atoms with van der Waals surface area (Å²) in [6, 6.07) is 9.77. The van der Waals surface area contributed by atoms with E-state index in [9.17, 15) is 24.1 Å². The van der Waals surface area contributed by atoms with Crippen LogP contribution in [0.25, 0.3) is 0 Å². The molecule has 7 heteroatoms. The maximum atomic E-state index is 13.4. The molecule has 0 spiro atoms. The average Bonchev–Trinajstić information content (AvgIpc) is 2.55. The Morgan fingerprint density at radius 2 is 1.92 bits per heavy atom. The molecule has 0 N–H and O–H groups in total. The summed E-state index contributed by atoms with van der Waals surface area (Å²) in [4.78, 5) is 33.9. The van der Waals surface area contributed by atoms with Gasteiger partial charge in [0.15, 0.2) is 6.61 Å². The standard InChI is InChI=1S/C17H14FNO5/c1-11-6-7-13(8-15(11)19(22)23)16(20)10-24-17(21)9-12-4-2-3-5-14(12)18/h2-8H,9-10H2,1H3. The van der Waals surface area contributed by atoms with Crippen LogP contribution in [-0.4, -0.2) is 23.3 Å². The third-order valence-electron chi connectivity index (χ3n) is 3.38. The minimum Gasteiger partial charge on any atom is -0.457 e. The van der Waals surface area contributed by atoms with Crippen LogP contribution in [0.15, 0.2) is 42.5 Å². The molecule has 0 bridgehead atoms. The first-order valence-electron chi connectivity index (χ1n) is 7.05. The van der Waals surface area contributed by atoms with Gasteiger partial charge in [0.05, 0.1) is 11.3 Å². The second-order valence-electron chi connectivity index (χ2n) is 5.11. The van der Waals surface area contributed by atoms with E-state index in [0.717, 1.165) is 6.07 Å². The van der Waals surface area contributed by atoms with Gasteiger partial charge in [-0.05, 0) is 18.6 Å². The van der Waals surface area contributed by atoms with E-state index in [1.54, 1.807) is 13.0 Å². The van der Waals surface area contributed by atoms with Crippen molar-refractivity contribution < 1.29 is 23.6 Å². The minimum absolute atomic E-state index is 0.0750. The summed E-state index contributed by atoms with van der Waals surface area (Å²) in [6.45, 7) is 0.994. The van der Waals surface area contributed by atoms with Crippen LogP contribution in [0.5, 0.6) is 0 Å². The van der Waals surface area contributed by atoms with Crippen LogP contribution in [0, 0.1) is 22.9 Å². The van der Waals surface area contributed by atoms with Gasteiger partial charge in [0, 0.05) is 17.2 Å². The van der Waals surface area contributed by atoms with Gasteiger partial charge in [-0.25, -0.2) is 4.39 Å². The van der Waals surface area contributed by atoms with Crippen molar-refractivity contribution in [2.75, 3.05) is 6.61 Å². The molecule has 0 radical (unpaired) electrons. The molecule has 0 aliphatic carbocycles. The molecule has 0 aliphatic heterocycles. The molecule has 0 atom stereocenters. The van der Waals surface area contributed by atoms with E-state index >= 15 is 0 Å². The maximum Gasteiger partial charge on any atom is 0.310 e. The molecular formula is C17H14FNO5. The lowest BCUT2D eigenvalue weighted by molar-refractivity contribution is -0.385. The number of esters is 1. The van der Waals surface area contributed by atoms with Gasteiger partial charge >= 0.3 is 5.97 Å². The zero-order valence-electron chi connectivity index (χ0n) is 12.8. The molecule has 24 heavy (non-hydrogen) atoms. The lowest BCUT2D eigenvalue weighted by Gasteiger charge is -2.06. The monoisotopic (exact) mass is 331 g/mol. The number of carbonyl (C=O) groups excluding carboxylic acids is 2. The third kappa shape index (κ3) is 4.22. The Balaban J connectivity index is 1.98. The van der Waals surface area contributed by atoms with Gasteiger partial charge in [-0.2, -0.15) is 0 Å². The number of ether oxygens (including phenoxy) is 1. The van der Waals surface area contributed by atoms with Crippen LogP contribution in [0.3, 0.4) is 0 Å². The third-order valence-corrected chi connectivity index (χ3v) is 3.38. The van der Waals surface area contributed by atoms with Crippen LogP contribution in [-0.2, 0) is 16.0 Å². The predicted octanol–water partition coefficient (Wildman–Crippen LogP) is 3.01. The Labute approximate surface area is 137 Å². The van der Waals surface area contributed by atoms with Crippen molar-refractivity contribution in [2.24, 2.45) is 0 Å². The average molecular weight is 331 g/mol. The molecule has 0 unspecified atom stereocenters. The first-order valence-corrected chi connectivity index (χ1v) is 7.05. The highest BCUT2D eigenvalue weighted by molar-refractivity contribution is 5.98. The second kappa shape index (κ2) is 7.45. The van der Waals surface area contributed by atoms with Crippen molar-refractivity contribution in [3.8, 4) is 0 Å². The van der Waals surface area contributed by atoms with Crippen molar-refractivity contribution in [1.82, 2.24) is 0 Å². The highest BCUT2D eigenvalue weighted by Gasteiger charge is 2.17. The summed E-state index contributed by atoms with van der Waals surface area (Å²) in [6.07, 6.45) is -0.298. The van der Waals surface area contributed by atoms with Crippen LogP contribution in [0.1, 0.15) is 21.5 Å². The molecule has 2 rings (SSSR count). The van der Waals surface area contributed by atoms with E-state index in [-0.39, 0.29) is 23.2 Å². The maximum absolute atomic E-state index is 13.4. The van der Waals surface area contributed by atoms with Crippen molar-refractivity contribution in [1.29, 1.82) is 0 Å². The quantitative estimate of drug-likeness (QED) is 0.351. The van der Waals surface area contributed by atoms with Gasteiger partial charge in [0.25, 0.3) is 5.69 Å². The molecule has 0 aliphatic rings. The van der Waals surface area contributed by atoms with Gasteiger partial charge in [-0.15, -0.1) is 0 Å². The molecule has 2 aromatic rings. The summed E-state index contributed by atoms with van der Waals surface area (Å²) >= 11 is 0. The minimum atomic E-state index is -0.755. The molecule has 0 amide bonds. The van der Waals surface area contributed by atoms with Gasteiger partial charge in [-0.3, -0.25) is 19.7 Å². The number of rotatable bonds is 6. The molecule has 0 saturated heterocycles. The molecule has 0 heterocycles. The van der Waals surface area contributed by atoms with Gasteiger partial charge in [-0.1, -0.05) is 30.3 Å². The predicted molar refractivity (Wildman–Crippen MR) is 83.2 cm³/mol. The van der Waals surface area contributed by atoms with E-state index in [0.29, 0.717) is 5.56 Å². The van der Waals surface area contributed by atoms with Gasteiger partial charge in [0.1, 0.15) is 5.82 Å². The van der Waals surface area contributed by atoms with Gasteiger partial charge in [0.2, 0.25) is 5.78 Å². The van der Waals surface area contributed by atoms with E-state index in [4.69, 9.17) is 4.74 Å². The largest absolute Gasteiger partial charge is 0.457 e. The summed E-state index contributed by atoms with van der Waals surface area (Å²) in [5.74, 6) is -1.86. The molecular weight excluding hydrogens is 317 g/mol. The highest BCUT2D eigenvalue weighted by atomic mass is 19.1. The summed E-state index contributed by atoms with van der Waals surface area (Å²) in [5, 5.41) is 10.9. The SMILES string of the molecule is Cc1ccc(C(=O)COC(=O)Cc2ccccc2F)cc1[N+](=O)[O-]. The zero-order chi connectivity index (χ0) is 17.7. The Bertz CT molecular complexity index is 803. The number of nitro benzene ring substituents is 1. The number of carbonyl (C=O) groups is 2. The van der Waals surface area contributed by atoms with E-state index in [2.05, 4.69) is 0 Å². The number of hydrogen-bond acceptors (Lipinski definition) is 5. The van der Waals surface area contributed by atoms with Crippen LogP contribution < -0.4 is 0 Å². The van der Waals surface area contributed by atoms with E-state index in [1.807, 2.05) is 0 Å². The lowest BCUT2D eigenvalue weighted by atomic mass is 10.1. The number of aryl methyl sites for hydroxylation is 1. The smallest absolute Gasteiger partial charge is 0.310 e. The van der Waals surface area contributed by atoms with Crippen LogP contribution in [0.2, 0.25) is 0 Å².